The molecule has 1 aliphatic heterocycles. The molecule has 2 atom stereocenters. The lowest BCUT2D eigenvalue weighted by Crippen LogP contribution is -2.35. The van der Waals surface area contributed by atoms with E-state index in [1.807, 2.05) is 27.7 Å². The van der Waals surface area contributed by atoms with Crippen LogP contribution in [0.5, 0.6) is 0 Å². The van der Waals surface area contributed by atoms with Gasteiger partial charge in [-0.05, 0) is 34.1 Å². The second-order valence-corrected chi connectivity index (χ2v) is 6.69. The molecule has 0 radical (unpaired) electrons. The van der Waals surface area contributed by atoms with Gasteiger partial charge in [0.25, 0.3) is 0 Å². The number of likely N-dealkylation sites (tertiary alicyclic amines) is 1. The van der Waals surface area contributed by atoms with Gasteiger partial charge in [0.2, 0.25) is 0 Å². The zero-order valence-corrected chi connectivity index (χ0v) is 13.8. The largest absolute Gasteiger partial charge is 0.444 e. The number of carbonyl (C=O) groups is 1. The van der Waals surface area contributed by atoms with Crippen LogP contribution in [0, 0.1) is 5.92 Å². The van der Waals surface area contributed by atoms with Crippen molar-refractivity contribution in [1.29, 1.82) is 0 Å². The van der Waals surface area contributed by atoms with E-state index < -0.39 is 5.60 Å². The van der Waals surface area contributed by atoms with Crippen molar-refractivity contribution in [2.24, 2.45) is 5.92 Å². The first-order valence-corrected chi connectivity index (χ1v) is 7.70. The third-order valence-corrected chi connectivity index (χ3v) is 3.52. The van der Waals surface area contributed by atoms with Crippen LogP contribution >= 0.6 is 0 Å². The van der Waals surface area contributed by atoms with Crippen LogP contribution in [0.3, 0.4) is 0 Å². The van der Waals surface area contributed by atoms with E-state index in [-0.39, 0.29) is 12.2 Å². The highest BCUT2D eigenvalue weighted by molar-refractivity contribution is 5.68. The molecule has 2 rings (SSSR count). The van der Waals surface area contributed by atoms with Crippen LogP contribution in [0.25, 0.3) is 0 Å². The van der Waals surface area contributed by atoms with E-state index in [4.69, 9.17) is 9.47 Å². The maximum atomic E-state index is 12.0. The third-order valence-electron chi connectivity index (χ3n) is 3.52. The number of ether oxygens (including phenoxy) is 2. The van der Waals surface area contributed by atoms with E-state index in [0.29, 0.717) is 19.1 Å². The monoisotopic (exact) mass is 307 g/mol. The minimum absolute atomic E-state index is 0.0933. The molecule has 6 nitrogen and oxygen atoms in total. The Kier molecular flexibility index (Phi) is 5.34. The zero-order valence-electron chi connectivity index (χ0n) is 13.8. The van der Waals surface area contributed by atoms with E-state index in [2.05, 4.69) is 9.97 Å². The van der Waals surface area contributed by atoms with Gasteiger partial charge in [0.05, 0.1) is 24.6 Å². The van der Waals surface area contributed by atoms with Gasteiger partial charge in [0.1, 0.15) is 5.60 Å². The van der Waals surface area contributed by atoms with Gasteiger partial charge in [0, 0.05) is 31.4 Å². The molecule has 0 aromatic carbocycles. The summed E-state index contributed by atoms with van der Waals surface area (Å²) >= 11 is 0. The summed E-state index contributed by atoms with van der Waals surface area (Å²) in [5.74, 6) is 0.339. The minimum Gasteiger partial charge on any atom is -0.444 e. The summed E-state index contributed by atoms with van der Waals surface area (Å²) in [6.45, 7) is 9.62. The topological polar surface area (TPSA) is 64.5 Å². The number of hydrogen-bond acceptors (Lipinski definition) is 5. The molecule has 0 N–H and O–H groups in total. The minimum atomic E-state index is -0.452. The molecule has 1 saturated heterocycles. The van der Waals surface area contributed by atoms with Gasteiger partial charge in [-0.15, -0.1) is 0 Å². The maximum Gasteiger partial charge on any atom is 0.410 e. The van der Waals surface area contributed by atoms with Gasteiger partial charge >= 0.3 is 6.09 Å². The number of amides is 1. The maximum absolute atomic E-state index is 12.0. The molecule has 2 heterocycles. The summed E-state index contributed by atoms with van der Waals surface area (Å²) in [6.07, 6.45) is 5.63. The van der Waals surface area contributed by atoms with Gasteiger partial charge in [-0.2, -0.15) is 0 Å². The lowest BCUT2D eigenvalue weighted by Gasteiger charge is -2.24. The first kappa shape index (κ1) is 16.7. The Morgan fingerprint density at radius 3 is 2.86 bits per heavy atom. The lowest BCUT2D eigenvalue weighted by atomic mass is 10.1. The SMILES string of the molecule is CC(OCC1CCN(C(=O)OC(C)(C)C)C1)c1cnccn1. The summed E-state index contributed by atoms with van der Waals surface area (Å²) in [7, 11) is 0. The number of aromatic nitrogens is 2. The van der Waals surface area contributed by atoms with Crippen molar-refractivity contribution in [1.82, 2.24) is 14.9 Å². The third kappa shape index (κ3) is 4.94. The molecule has 0 saturated carbocycles. The summed E-state index contributed by atoms with van der Waals surface area (Å²) in [6, 6.07) is 0. The quantitative estimate of drug-likeness (QED) is 0.856. The molecule has 1 aliphatic rings. The molecular weight excluding hydrogens is 282 g/mol. The van der Waals surface area contributed by atoms with Crippen LogP contribution < -0.4 is 0 Å². The molecule has 1 fully saturated rings. The van der Waals surface area contributed by atoms with Crippen LogP contribution in [-0.2, 0) is 9.47 Å². The van der Waals surface area contributed by atoms with E-state index in [1.54, 1.807) is 23.5 Å². The Morgan fingerprint density at radius 2 is 2.23 bits per heavy atom. The van der Waals surface area contributed by atoms with E-state index in [1.165, 1.54) is 0 Å². The van der Waals surface area contributed by atoms with Crippen molar-refractivity contribution in [3.8, 4) is 0 Å². The molecule has 1 aromatic rings. The van der Waals surface area contributed by atoms with Crippen LogP contribution in [-0.4, -0.2) is 46.3 Å². The average Bonchev–Trinajstić information content (AvgIpc) is 2.93. The van der Waals surface area contributed by atoms with Crippen molar-refractivity contribution >= 4 is 6.09 Å². The highest BCUT2D eigenvalue weighted by Crippen LogP contribution is 2.22. The van der Waals surface area contributed by atoms with E-state index in [0.717, 1.165) is 18.7 Å². The summed E-state index contributed by atoms with van der Waals surface area (Å²) in [4.78, 5) is 22.0. The molecule has 0 spiro atoms. The first-order valence-electron chi connectivity index (χ1n) is 7.70. The fraction of sp³-hybridized carbons (Fsp3) is 0.688. The van der Waals surface area contributed by atoms with Gasteiger partial charge in [-0.3, -0.25) is 9.97 Å². The molecule has 1 amide bonds. The van der Waals surface area contributed by atoms with Crippen molar-refractivity contribution in [2.75, 3.05) is 19.7 Å². The van der Waals surface area contributed by atoms with Crippen molar-refractivity contribution in [2.45, 2.75) is 45.8 Å². The first-order chi connectivity index (χ1) is 10.3. The second-order valence-electron chi connectivity index (χ2n) is 6.69. The number of carbonyl (C=O) groups excluding carboxylic acids is 1. The number of hydrogen-bond donors (Lipinski definition) is 0. The Balaban J connectivity index is 1.76. The Labute approximate surface area is 131 Å². The zero-order chi connectivity index (χ0) is 16.2. The Hall–Kier alpha value is -1.69. The van der Waals surface area contributed by atoms with Crippen molar-refractivity contribution in [3.63, 3.8) is 0 Å². The lowest BCUT2D eigenvalue weighted by molar-refractivity contribution is 0.0228. The van der Waals surface area contributed by atoms with E-state index >= 15 is 0 Å². The number of rotatable bonds is 4. The van der Waals surface area contributed by atoms with Crippen molar-refractivity contribution in [3.05, 3.63) is 24.3 Å². The molecular formula is C16H25N3O3. The standard InChI is InChI=1S/C16H25N3O3/c1-12(14-9-17-6-7-18-14)21-11-13-5-8-19(10-13)15(20)22-16(2,3)4/h6-7,9,12-13H,5,8,10-11H2,1-4H3. The average molecular weight is 307 g/mol. The van der Waals surface area contributed by atoms with Gasteiger partial charge in [0.15, 0.2) is 0 Å². The summed E-state index contributed by atoms with van der Waals surface area (Å²) < 4.78 is 11.3. The fourth-order valence-corrected chi connectivity index (χ4v) is 2.35. The molecule has 6 heteroatoms. The second kappa shape index (κ2) is 7.05. The van der Waals surface area contributed by atoms with Gasteiger partial charge < -0.3 is 14.4 Å². The predicted octanol–water partition coefficient (Wildman–Crippen LogP) is 2.81. The fourth-order valence-electron chi connectivity index (χ4n) is 2.35. The van der Waals surface area contributed by atoms with E-state index in [9.17, 15) is 4.79 Å². The van der Waals surface area contributed by atoms with Crippen molar-refractivity contribution < 1.29 is 14.3 Å². The molecule has 2 unspecified atom stereocenters. The summed E-state index contributed by atoms with van der Waals surface area (Å²) in [5.41, 5.74) is 0.371. The van der Waals surface area contributed by atoms with Crippen LogP contribution in [0.2, 0.25) is 0 Å². The van der Waals surface area contributed by atoms with Crippen LogP contribution in [0.4, 0.5) is 4.79 Å². The van der Waals surface area contributed by atoms with Crippen LogP contribution in [0.1, 0.15) is 45.9 Å². The Bertz CT molecular complexity index is 487. The predicted molar refractivity (Wildman–Crippen MR) is 82.3 cm³/mol. The highest BCUT2D eigenvalue weighted by Gasteiger charge is 2.30. The molecule has 1 aromatic heterocycles. The normalized spacial score (nSPS) is 20.0. The van der Waals surface area contributed by atoms with Crippen LogP contribution in [0.15, 0.2) is 18.6 Å². The smallest absolute Gasteiger partial charge is 0.410 e. The molecule has 0 bridgehead atoms. The Morgan fingerprint density at radius 1 is 1.45 bits per heavy atom. The highest BCUT2D eigenvalue weighted by atomic mass is 16.6. The van der Waals surface area contributed by atoms with Gasteiger partial charge in [-0.25, -0.2) is 4.79 Å². The molecule has 22 heavy (non-hydrogen) atoms. The van der Waals surface area contributed by atoms with Gasteiger partial charge in [-0.1, -0.05) is 0 Å². The molecule has 122 valence electrons. The summed E-state index contributed by atoms with van der Waals surface area (Å²) in [5, 5.41) is 0. The number of nitrogens with zero attached hydrogens (tertiary/aromatic N) is 3. The molecule has 0 aliphatic carbocycles.